The summed E-state index contributed by atoms with van der Waals surface area (Å²) in [5.74, 6) is 0.635. The van der Waals surface area contributed by atoms with Crippen molar-refractivity contribution < 1.29 is 25.5 Å². The Morgan fingerprint density at radius 3 is 2.06 bits per heavy atom. The lowest BCUT2D eigenvalue weighted by molar-refractivity contribution is -0.240. The third-order valence-electron chi connectivity index (χ3n) is 13.3. The minimum absolute atomic E-state index is 0.0105. The van der Waals surface area contributed by atoms with Crippen LogP contribution in [-0.4, -0.2) is 57.1 Å². The fraction of sp³-hybridized carbons (Fsp3) is 0.933. The number of fused-ring (bicyclic) bond motifs is 7. The minimum atomic E-state index is -0.879. The molecule has 5 heteroatoms. The van der Waals surface area contributed by atoms with Crippen molar-refractivity contribution in [2.24, 2.45) is 50.2 Å². The van der Waals surface area contributed by atoms with Crippen molar-refractivity contribution in [1.29, 1.82) is 0 Å². The number of aliphatic hydroxyl groups excluding tert-OH is 5. The molecular formula is C30H50O5. The van der Waals surface area contributed by atoms with E-state index < -0.39 is 29.1 Å². The fourth-order valence-electron chi connectivity index (χ4n) is 11.0. The van der Waals surface area contributed by atoms with Gasteiger partial charge in [-0.1, -0.05) is 53.2 Å². The molecule has 0 heterocycles. The molecule has 0 radical (unpaired) electrons. The zero-order chi connectivity index (χ0) is 25.8. The summed E-state index contributed by atoms with van der Waals surface area (Å²) in [4.78, 5) is 0. The van der Waals surface area contributed by atoms with Gasteiger partial charge >= 0.3 is 0 Å². The van der Waals surface area contributed by atoms with Gasteiger partial charge in [-0.2, -0.15) is 0 Å². The summed E-state index contributed by atoms with van der Waals surface area (Å²) in [5.41, 5.74) is -0.279. The van der Waals surface area contributed by atoms with E-state index in [0.717, 1.165) is 38.5 Å². The van der Waals surface area contributed by atoms with Gasteiger partial charge in [-0.15, -0.1) is 0 Å². The Kier molecular flexibility index (Phi) is 5.82. The van der Waals surface area contributed by atoms with Gasteiger partial charge in [0.2, 0.25) is 0 Å². The maximum absolute atomic E-state index is 11.7. The number of hydrogen-bond acceptors (Lipinski definition) is 5. The molecule has 4 fully saturated rings. The topological polar surface area (TPSA) is 101 Å². The Hall–Kier alpha value is -0.460. The number of aliphatic hydroxyl groups is 5. The smallest absolute Gasteiger partial charge is 0.0657 e. The molecule has 35 heavy (non-hydrogen) atoms. The Balaban J connectivity index is 1.62. The van der Waals surface area contributed by atoms with Gasteiger partial charge in [-0.25, -0.2) is 0 Å². The van der Waals surface area contributed by atoms with Crippen molar-refractivity contribution >= 4 is 0 Å². The summed E-state index contributed by atoms with van der Waals surface area (Å²) >= 11 is 0. The first kappa shape index (κ1) is 26.2. The fourth-order valence-corrected chi connectivity index (χ4v) is 11.0. The van der Waals surface area contributed by atoms with Crippen molar-refractivity contribution in [1.82, 2.24) is 0 Å². The second-order valence-electron chi connectivity index (χ2n) is 15.1. The molecule has 4 saturated carbocycles. The molecule has 0 unspecified atom stereocenters. The molecule has 0 aromatic heterocycles. The molecular weight excluding hydrogens is 440 g/mol. The molecule has 0 bridgehead atoms. The number of hydrogen-bond donors (Lipinski definition) is 5. The highest BCUT2D eigenvalue weighted by molar-refractivity contribution is 5.35. The highest BCUT2D eigenvalue weighted by Gasteiger charge is 2.71. The number of allylic oxidation sites excluding steroid dienone is 2. The predicted octanol–water partition coefficient (Wildman–Crippen LogP) is 4.06. The van der Waals surface area contributed by atoms with Crippen molar-refractivity contribution in [3.05, 3.63) is 11.6 Å². The van der Waals surface area contributed by atoms with Gasteiger partial charge in [0.25, 0.3) is 0 Å². The predicted molar refractivity (Wildman–Crippen MR) is 136 cm³/mol. The van der Waals surface area contributed by atoms with Gasteiger partial charge in [0.1, 0.15) is 0 Å². The van der Waals surface area contributed by atoms with E-state index in [1.807, 2.05) is 0 Å². The summed E-state index contributed by atoms with van der Waals surface area (Å²) in [7, 11) is 0. The van der Waals surface area contributed by atoms with E-state index in [-0.39, 0.29) is 46.7 Å². The summed E-state index contributed by atoms with van der Waals surface area (Å²) in [5, 5.41) is 55.1. The van der Waals surface area contributed by atoms with Crippen LogP contribution in [0.1, 0.15) is 92.9 Å². The highest BCUT2D eigenvalue weighted by atomic mass is 16.3. The summed E-state index contributed by atoms with van der Waals surface area (Å²) in [6, 6.07) is 0. The van der Waals surface area contributed by atoms with Gasteiger partial charge in [0.15, 0.2) is 0 Å². The van der Waals surface area contributed by atoms with Gasteiger partial charge < -0.3 is 25.5 Å². The third-order valence-corrected chi connectivity index (χ3v) is 13.3. The van der Waals surface area contributed by atoms with Crippen LogP contribution >= 0.6 is 0 Å². The van der Waals surface area contributed by atoms with Crippen LogP contribution in [0.15, 0.2) is 11.6 Å². The normalized spacial score (nSPS) is 57.3. The van der Waals surface area contributed by atoms with Crippen molar-refractivity contribution in [2.45, 2.75) is 111 Å². The average molecular weight is 491 g/mol. The van der Waals surface area contributed by atoms with Crippen LogP contribution in [0.4, 0.5) is 0 Å². The first-order chi connectivity index (χ1) is 16.2. The van der Waals surface area contributed by atoms with E-state index in [1.165, 1.54) is 5.57 Å². The Morgan fingerprint density at radius 1 is 0.771 bits per heavy atom. The van der Waals surface area contributed by atoms with E-state index in [0.29, 0.717) is 18.8 Å². The summed E-state index contributed by atoms with van der Waals surface area (Å²) in [6.45, 7) is 13.5. The lowest BCUT2D eigenvalue weighted by atomic mass is 9.33. The molecule has 11 atom stereocenters. The summed E-state index contributed by atoms with van der Waals surface area (Å²) < 4.78 is 0. The average Bonchev–Trinajstić information content (AvgIpc) is 2.76. The zero-order valence-corrected chi connectivity index (χ0v) is 22.8. The van der Waals surface area contributed by atoms with E-state index in [1.54, 1.807) is 0 Å². The van der Waals surface area contributed by atoms with Gasteiger partial charge in [0, 0.05) is 5.41 Å². The van der Waals surface area contributed by atoms with Gasteiger partial charge in [0.05, 0.1) is 36.9 Å². The molecule has 0 spiro atoms. The van der Waals surface area contributed by atoms with Crippen LogP contribution in [0.3, 0.4) is 0 Å². The Bertz CT molecular complexity index is 899. The van der Waals surface area contributed by atoms with Crippen LogP contribution in [-0.2, 0) is 0 Å². The number of rotatable bonds is 2. The quantitative estimate of drug-likeness (QED) is 0.376. The molecule has 200 valence electrons. The van der Waals surface area contributed by atoms with E-state index in [9.17, 15) is 25.5 Å². The van der Waals surface area contributed by atoms with E-state index >= 15 is 0 Å². The van der Waals surface area contributed by atoms with Crippen molar-refractivity contribution in [2.75, 3.05) is 13.2 Å². The van der Waals surface area contributed by atoms with E-state index in [2.05, 4.69) is 47.6 Å². The van der Waals surface area contributed by atoms with Crippen LogP contribution in [0, 0.1) is 50.2 Å². The SMILES string of the molecule is CC1(C)C[C@H](O)[C@]2(CO)[C@H](O)C[C@]3(C)C(=CC[C@@H]4[C@@]5(C)CC[C@H](O)[C@@](C)(CO)[C@H]5CC[C@]43C)[C@@H]2C1. The molecule has 0 amide bonds. The monoisotopic (exact) mass is 490 g/mol. The Labute approximate surface area is 212 Å². The molecule has 5 rings (SSSR count). The highest BCUT2D eigenvalue weighted by Crippen LogP contribution is 2.75. The van der Waals surface area contributed by atoms with Crippen LogP contribution in [0.5, 0.6) is 0 Å². The van der Waals surface area contributed by atoms with E-state index in [4.69, 9.17) is 0 Å². The van der Waals surface area contributed by atoms with Gasteiger partial charge in [-0.05, 0) is 90.8 Å². The summed E-state index contributed by atoms with van der Waals surface area (Å²) in [6.07, 6.45) is 7.18. The molecule has 0 aliphatic heterocycles. The van der Waals surface area contributed by atoms with Crippen molar-refractivity contribution in [3.63, 3.8) is 0 Å². The molecule has 5 N–H and O–H groups in total. The standard InChI is InChI=1S/C30H50O5/c1-25(2)13-19-18-7-8-21-26(3)11-10-22(33)27(4,16-31)20(26)9-12-28(21,5)29(18,6)15-24(35)30(19,17-32)23(34)14-25/h7,19-24,31-35H,8-17H2,1-6H3/t19-,20-,21+,22-,23-,24+,26-,27-,28+,29+,30+/m0/s1. The van der Waals surface area contributed by atoms with Crippen molar-refractivity contribution in [3.8, 4) is 0 Å². The maximum atomic E-state index is 11.7. The zero-order valence-electron chi connectivity index (χ0n) is 22.8. The van der Waals surface area contributed by atoms with Crippen LogP contribution < -0.4 is 0 Å². The third kappa shape index (κ3) is 3.05. The molecule has 5 aliphatic rings. The molecule has 5 aliphatic carbocycles. The second-order valence-corrected chi connectivity index (χ2v) is 15.1. The van der Waals surface area contributed by atoms with Crippen LogP contribution in [0.2, 0.25) is 0 Å². The first-order valence-electron chi connectivity index (χ1n) is 14.1. The lowest BCUT2D eigenvalue weighted by Crippen LogP contribution is -2.69. The molecule has 0 saturated heterocycles. The maximum Gasteiger partial charge on any atom is 0.0657 e. The molecule has 0 aromatic carbocycles. The van der Waals surface area contributed by atoms with Crippen LogP contribution in [0.25, 0.3) is 0 Å². The Morgan fingerprint density at radius 2 is 1.43 bits per heavy atom. The van der Waals surface area contributed by atoms with Gasteiger partial charge in [-0.3, -0.25) is 0 Å². The first-order valence-corrected chi connectivity index (χ1v) is 14.1. The lowest BCUT2D eigenvalue weighted by Gasteiger charge is -2.72. The largest absolute Gasteiger partial charge is 0.396 e. The molecule has 5 nitrogen and oxygen atoms in total. The second kappa shape index (κ2) is 7.79. The molecule has 0 aromatic rings. The minimum Gasteiger partial charge on any atom is -0.396 e.